The first-order chi connectivity index (χ1) is 8.19. The van der Waals surface area contributed by atoms with Crippen molar-refractivity contribution >= 4 is 11.9 Å². The van der Waals surface area contributed by atoms with Gasteiger partial charge >= 0.3 is 5.97 Å². The van der Waals surface area contributed by atoms with Gasteiger partial charge in [-0.05, 0) is 19.3 Å². The van der Waals surface area contributed by atoms with E-state index < -0.39 is 0 Å². The molecule has 0 aromatic heterocycles. The van der Waals surface area contributed by atoms with Crippen LogP contribution >= 0.6 is 0 Å². The van der Waals surface area contributed by atoms with Gasteiger partial charge in [-0.1, -0.05) is 26.2 Å². The third-order valence-corrected chi connectivity index (χ3v) is 3.34. The molecule has 4 heteroatoms. The summed E-state index contributed by atoms with van der Waals surface area (Å²) in [4.78, 5) is 23.3. The molecule has 1 aliphatic carbocycles. The maximum atomic E-state index is 11.7. The van der Waals surface area contributed by atoms with E-state index in [0.29, 0.717) is 6.42 Å². The summed E-state index contributed by atoms with van der Waals surface area (Å²) in [5.41, 5.74) is 0. The highest BCUT2D eigenvalue weighted by molar-refractivity contribution is 5.78. The number of nitrogens with one attached hydrogen (secondary N) is 1. The van der Waals surface area contributed by atoms with Crippen LogP contribution in [0.25, 0.3) is 0 Å². The van der Waals surface area contributed by atoms with Crippen LogP contribution in [0.2, 0.25) is 0 Å². The highest BCUT2D eigenvalue weighted by Gasteiger charge is 2.31. The number of amides is 1. The van der Waals surface area contributed by atoms with Crippen molar-refractivity contribution in [3.8, 4) is 0 Å². The summed E-state index contributed by atoms with van der Waals surface area (Å²) >= 11 is 0. The topological polar surface area (TPSA) is 55.4 Å². The van der Waals surface area contributed by atoms with Crippen molar-refractivity contribution in [3.05, 3.63) is 0 Å². The van der Waals surface area contributed by atoms with E-state index in [1.165, 1.54) is 7.11 Å². The summed E-state index contributed by atoms with van der Waals surface area (Å²) in [5, 5.41) is 2.99. The van der Waals surface area contributed by atoms with E-state index in [9.17, 15) is 9.59 Å². The number of rotatable bonds is 4. The smallest absolute Gasteiger partial charge is 0.310 e. The number of ether oxygens (including phenoxy) is 1. The van der Waals surface area contributed by atoms with Crippen LogP contribution in [-0.4, -0.2) is 25.0 Å². The molecule has 2 atom stereocenters. The highest BCUT2D eigenvalue weighted by atomic mass is 16.5. The molecule has 1 fully saturated rings. The van der Waals surface area contributed by atoms with E-state index in [1.807, 2.05) is 6.92 Å². The molecule has 17 heavy (non-hydrogen) atoms. The lowest BCUT2D eigenvalue weighted by atomic mass is 9.94. The summed E-state index contributed by atoms with van der Waals surface area (Å²) < 4.78 is 4.83. The van der Waals surface area contributed by atoms with Crippen LogP contribution in [0, 0.1) is 5.92 Å². The van der Waals surface area contributed by atoms with Crippen LogP contribution in [0.3, 0.4) is 0 Å². The summed E-state index contributed by atoms with van der Waals surface area (Å²) in [5.74, 6) is -0.301. The van der Waals surface area contributed by atoms with Gasteiger partial charge in [0.2, 0.25) is 5.91 Å². The molecule has 1 amide bonds. The zero-order valence-electron chi connectivity index (χ0n) is 10.8. The third-order valence-electron chi connectivity index (χ3n) is 3.34. The van der Waals surface area contributed by atoms with E-state index in [0.717, 1.165) is 38.5 Å². The molecule has 98 valence electrons. The standard InChI is InChI=1S/C13H23NO3/c1-3-7-12(15)14-11-9-6-4-5-8-10(11)13(16)17-2/h10-11H,3-9H2,1-2H3,(H,14,15)/t10-,11+/m0/s1. The molecule has 0 saturated heterocycles. The zero-order chi connectivity index (χ0) is 12.7. The van der Waals surface area contributed by atoms with Gasteiger partial charge in [0.25, 0.3) is 0 Å². The van der Waals surface area contributed by atoms with Crippen LogP contribution in [0.1, 0.15) is 51.9 Å². The molecule has 1 N–H and O–H groups in total. The van der Waals surface area contributed by atoms with E-state index in [2.05, 4.69) is 5.32 Å². The van der Waals surface area contributed by atoms with Gasteiger partial charge in [0.15, 0.2) is 0 Å². The largest absolute Gasteiger partial charge is 0.469 e. The van der Waals surface area contributed by atoms with Crippen molar-refractivity contribution in [2.45, 2.75) is 57.9 Å². The summed E-state index contributed by atoms with van der Waals surface area (Å²) in [6.07, 6.45) is 6.32. The second-order valence-electron chi connectivity index (χ2n) is 4.69. The molecule has 0 bridgehead atoms. The first-order valence-corrected chi connectivity index (χ1v) is 6.56. The second-order valence-corrected chi connectivity index (χ2v) is 4.69. The van der Waals surface area contributed by atoms with E-state index >= 15 is 0 Å². The minimum absolute atomic E-state index is 0.0380. The Balaban J connectivity index is 2.61. The number of carbonyl (C=O) groups excluding carboxylic acids is 2. The van der Waals surface area contributed by atoms with Crippen molar-refractivity contribution in [2.24, 2.45) is 5.92 Å². The summed E-state index contributed by atoms with van der Waals surface area (Å²) in [6, 6.07) is -0.0380. The van der Waals surface area contributed by atoms with Gasteiger partial charge in [0, 0.05) is 12.5 Å². The van der Waals surface area contributed by atoms with Crippen LogP contribution in [0.5, 0.6) is 0 Å². The van der Waals surface area contributed by atoms with Gasteiger partial charge in [-0.25, -0.2) is 0 Å². The molecule has 1 rings (SSSR count). The number of esters is 1. The van der Waals surface area contributed by atoms with Gasteiger partial charge in [-0.15, -0.1) is 0 Å². The molecule has 0 aliphatic heterocycles. The van der Waals surface area contributed by atoms with Crippen molar-refractivity contribution in [1.29, 1.82) is 0 Å². The Morgan fingerprint density at radius 3 is 2.59 bits per heavy atom. The molecule has 1 saturated carbocycles. The number of carbonyl (C=O) groups is 2. The Morgan fingerprint density at radius 2 is 1.94 bits per heavy atom. The van der Waals surface area contributed by atoms with Gasteiger partial charge in [-0.2, -0.15) is 0 Å². The second kappa shape index (κ2) is 7.30. The fourth-order valence-electron chi connectivity index (χ4n) is 2.42. The first-order valence-electron chi connectivity index (χ1n) is 6.56. The lowest BCUT2D eigenvalue weighted by molar-refractivity contribution is -0.147. The maximum Gasteiger partial charge on any atom is 0.310 e. The Labute approximate surface area is 103 Å². The average molecular weight is 241 g/mol. The lowest BCUT2D eigenvalue weighted by Gasteiger charge is -2.24. The van der Waals surface area contributed by atoms with Gasteiger partial charge in [-0.3, -0.25) is 9.59 Å². The number of hydrogen-bond acceptors (Lipinski definition) is 3. The Morgan fingerprint density at radius 1 is 1.24 bits per heavy atom. The van der Waals surface area contributed by atoms with Crippen LogP contribution < -0.4 is 5.32 Å². The van der Waals surface area contributed by atoms with Gasteiger partial charge in [0.1, 0.15) is 0 Å². The molecule has 0 heterocycles. The fraction of sp³-hybridized carbons (Fsp3) is 0.846. The average Bonchev–Trinajstić information content (AvgIpc) is 2.54. The molecule has 0 unspecified atom stereocenters. The predicted molar refractivity (Wildman–Crippen MR) is 65.4 cm³/mol. The minimum Gasteiger partial charge on any atom is -0.469 e. The summed E-state index contributed by atoms with van der Waals surface area (Å²) in [7, 11) is 1.41. The molecule has 4 nitrogen and oxygen atoms in total. The molecule has 1 aliphatic rings. The minimum atomic E-state index is -0.186. The molecule has 0 spiro atoms. The van der Waals surface area contributed by atoms with E-state index in [1.54, 1.807) is 0 Å². The Bertz CT molecular complexity index is 265. The van der Waals surface area contributed by atoms with Crippen molar-refractivity contribution in [3.63, 3.8) is 0 Å². The van der Waals surface area contributed by atoms with Crippen molar-refractivity contribution in [1.82, 2.24) is 5.32 Å². The lowest BCUT2D eigenvalue weighted by Crippen LogP contribution is -2.43. The first kappa shape index (κ1) is 14.0. The van der Waals surface area contributed by atoms with Gasteiger partial charge < -0.3 is 10.1 Å². The van der Waals surface area contributed by atoms with Crippen LogP contribution in [0.4, 0.5) is 0 Å². The summed E-state index contributed by atoms with van der Waals surface area (Å²) in [6.45, 7) is 1.98. The monoisotopic (exact) mass is 241 g/mol. The van der Waals surface area contributed by atoms with Crippen LogP contribution in [-0.2, 0) is 14.3 Å². The molecule has 0 aromatic rings. The predicted octanol–water partition coefficient (Wildman–Crippen LogP) is 2.02. The van der Waals surface area contributed by atoms with Gasteiger partial charge in [0.05, 0.1) is 13.0 Å². The molecule has 0 aromatic carbocycles. The third kappa shape index (κ3) is 4.36. The Kier molecular flexibility index (Phi) is 6.01. The van der Waals surface area contributed by atoms with E-state index in [-0.39, 0.29) is 23.8 Å². The van der Waals surface area contributed by atoms with Crippen LogP contribution in [0.15, 0.2) is 0 Å². The molecular formula is C13H23NO3. The molecule has 0 radical (unpaired) electrons. The Hall–Kier alpha value is -1.06. The number of methoxy groups -OCH3 is 1. The SMILES string of the molecule is CCCC(=O)N[C@@H]1CCCCC[C@@H]1C(=O)OC. The number of hydrogen-bond donors (Lipinski definition) is 1. The van der Waals surface area contributed by atoms with Crippen molar-refractivity contribution < 1.29 is 14.3 Å². The quantitative estimate of drug-likeness (QED) is 0.605. The maximum absolute atomic E-state index is 11.7. The van der Waals surface area contributed by atoms with Crippen molar-refractivity contribution in [2.75, 3.05) is 7.11 Å². The molecular weight excluding hydrogens is 218 g/mol. The highest BCUT2D eigenvalue weighted by Crippen LogP contribution is 2.24. The zero-order valence-corrected chi connectivity index (χ0v) is 10.8. The fourth-order valence-corrected chi connectivity index (χ4v) is 2.42. The van der Waals surface area contributed by atoms with E-state index in [4.69, 9.17) is 4.74 Å². The normalized spacial score (nSPS) is 24.8.